The van der Waals surface area contributed by atoms with E-state index in [1.54, 1.807) is 39.0 Å². The Kier molecular flexibility index (Phi) is 7.81. The molecular weight excluding hydrogens is 569 g/mol. The van der Waals surface area contributed by atoms with E-state index < -0.39 is 42.2 Å². The molecule has 1 saturated carbocycles. The molecule has 2 fully saturated rings. The minimum absolute atomic E-state index is 0.0879. The summed E-state index contributed by atoms with van der Waals surface area (Å²) in [6, 6.07) is 3.88. The third-order valence-electron chi connectivity index (χ3n) is 6.77. The number of hydrogen-bond donors (Lipinski definition) is 1. The van der Waals surface area contributed by atoms with Crippen LogP contribution in [0.15, 0.2) is 28.8 Å². The van der Waals surface area contributed by atoms with Gasteiger partial charge in [-0.1, -0.05) is 11.6 Å². The van der Waals surface area contributed by atoms with Crippen molar-refractivity contribution in [1.29, 1.82) is 0 Å². The van der Waals surface area contributed by atoms with E-state index in [9.17, 15) is 22.8 Å². The van der Waals surface area contributed by atoms with Crippen molar-refractivity contribution in [1.82, 2.24) is 30.4 Å². The standard InChI is InChI=1S/C26H28ClF3N6O5/c1-25(2,3)41-24(38)36-12-15(32-21(37)19-11-31-18-10-14(27)4-6-17(18)33-19)5-7-20(36)23-35-34-22(39-23)13-8-16(9-13)40-26(28,29)30/h4,6,10-11,13,15-16,20H,5,7-9,12H2,1-3H3,(H,32,37)/t13?,15-,16?,20+/m0/s1. The fourth-order valence-corrected chi connectivity index (χ4v) is 4.99. The van der Waals surface area contributed by atoms with Crippen molar-refractivity contribution in [3.05, 3.63) is 46.9 Å². The summed E-state index contributed by atoms with van der Waals surface area (Å²) in [5, 5.41) is 11.5. The zero-order valence-corrected chi connectivity index (χ0v) is 23.2. The Bertz CT molecular complexity index is 1440. The van der Waals surface area contributed by atoms with Crippen LogP contribution in [0.2, 0.25) is 5.02 Å². The maximum Gasteiger partial charge on any atom is 0.522 e. The van der Waals surface area contributed by atoms with Gasteiger partial charge in [0.1, 0.15) is 17.3 Å². The van der Waals surface area contributed by atoms with Crippen LogP contribution in [0, 0.1) is 0 Å². The minimum atomic E-state index is -4.70. The average molecular weight is 597 g/mol. The van der Waals surface area contributed by atoms with E-state index in [4.69, 9.17) is 20.8 Å². The number of piperidine rings is 1. The van der Waals surface area contributed by atoms with Crippen LogP contribution in [0.1, 0.15) is 80.7 Å². The monoisotopic (exact) mass is 596 g/mol. The number of rotatable bonds is 5. The second kappa shape index (κ2) is 11.0. The van der Waals surface area contributed by atoms with Gasteiger partial charge in [-0.25, -0.2) is 9.78 Å². The molecule has 0 radical (unpaired) electrons. The Morgan fingerprint density at radius 1 is 1.10 bits per heavy atom. The van der Waals surface area contributed by atoms with Gasteiger partial charge in [0.15, 0.2) is 0 Å². The number of ether oxygens (including phenoxy) is 2. The fraction of sp³-hybridized carbons (Fsp3) is 0.538. The molecule has 5 rings (SSSR count). The molecule has 15 heteroatoms. The first-order chi connectivity index (χ1) is 19.2. The molecule has 2 amide bonds. The molecule has 0 bridgehead atoms. The Hall–Kier alpha value is -3.52. The highest BCUT2D eigenvalue weighted by molar-refractivity contribution is 6.31. The van der Waals surface area contributed by atoms with Crippen LogP contribution >= 0.6 is 11.6 Å². The van der Waals surface area contributed by atoms with Gasteiger partial charge in [0.25, 0.3) is 5.91 Å². The molecule has 1 aliphatic carbocycles. The third-order valence-corrected chi connectivity index (χ3v) is 7.00. The van der Waals surface area contributed by atoms with Crippen molar-refractivity contribution < 1.29 is 36.7 Å². The van der Waals surface area contributed by atoms with E-state index >= 15 is 0 Å². The number of carbonyl (C=O) groups is 2. The fourth-order valence-electron chi connectivity index (χ4n) is 4.82. The lowest BCUT2D eigenvalue weighted by Gasteiger charge is -2.38. The van der Waals surface area contributed by atoms with Crippen molar-refractivity contribution in [2.75, 3.05) is 6.54 Å². The second-order valence-corrected chi connectivity index (χ2v) is 11.6. The Morgan fingerprint density at radius 2 is 1.83 bits per heavy atom. The maximum atomic E-state index is 13.2. The number of nitrogens with one attached hydrogen (secondary N) is 1. The van der Waals surface area contributed by atoms with E-state index in [1.165, 1.54) is 11.1 Å². The number of hydrogen-bond acceptors (Lipinski definition) is 9. The van der Waals surface area contributed by atoms with Gasteiger partial charge in [0.2, 0.25) is 11.8 Å². The first-order valence-corrected chi connectivity index (χ1v) is 13.4. The molecule has 1 saturated heterocycles. The van der Waals surface area contributed by atoms with Gasteiger partial charge in [-0.05, 0) is 64.7 Å². The molecule has 3 heterocycles. The van der Waals surface area contributed by atoms with Crippen molar-refractivity contribution in [3.8, 4) is 0 Å². The van der Waals surface area contributed by atoms with Crippen LogP contribution in [0.25, 0.3) is 11.0 Å². The van der Waals surface area contributed by atoms with Crippen LogP contribution in [0.4, 0.5) is 18.0 Å². The van der Waals surface area contributed by atoms with E-state index in [-0.39, 0.29) is 42.8 Å². The molecule has 2 atom stereocenters. The van der Waals surface area contributed by atoms with Crippen LogP contribution in [-0.2, 0) is 9.47 Å². The van der Waals surface area contributed by atoms with Gasteiger partial charge in [-0.15, -0.1) is 23.4 Å². The second-order valence-electron chi connectivity index (χ2n) is 11.1. The summed E-state index contributed by atoms with van der Waals surface area (Å²) in [6.45, 7) is 5.28. The lowest BCUT2D eigenvalue weighted by molar-refractivity contribution is -0.352. The summed E-state index contributed by atoms with van der Waals surface area (Å²) in [5.41, 5.74) is 0.382. The smallest absolute Gasteiger partial charge is 0.444 e. The Morgan fingerprint density at radius 3 is 2.54 bits per heavy atom. The lowest BCUT2D eigenvalue weighted by Crippen LogP contribution is -2.52. The Labute approximate surface area is 237 Å². The maximum absolute atomic E-state index is 13.2. The molecule has 220 valence electrons. The quantitative estimate of drug-likeness (QED) is 0.415. The summed E-state index contributed by atoms with van der Waals surface area (Å²) in [4.78, 5) is 36.3. The van der Waals surface area contributed by atoms with Gasteiger partial charge < -0.3 is 14.5 Å². The summed E-state index contributed by atoms with van der Waals surface area (Å²) >= 11 is 5.99. The van der Waals surface area contributed by atoms with Crippen LogP contribution < -0.4 is 5.32 Å². The van der Waals surface area contributed by atoms with Crippen molar-refractivity contribution >= 4 is 34.6 Å². The molecule has 1 N–H and O–H groups in total. The molecule has 2 aromatic heterocycles. The van der Waals surface area contributed by atoms with Gasteiger partial charge in [-0.2, -0.15) is 0 Å². The molecule has 11 nitrogen and oxygen atoms in total. The van der Waals surface area contributed by atoms with E-state index in [1.807, 2.05) is 0 Å². The zero-order chi connectivity index (χ0) is 29.5. The van der Waals surface area contributed by atoms with Gasteiger partial charge in [0, 0.05) is 23.5 Å². The van der Waals surface area contributed by atoms with Gasteiger partial charge in [0.05, 0.1) is 23.3 Å². The van der Waals surface area contributed by atoms with Crippen LogP contribution in [0.5, 0.6) is 0 Å². The highest BCUT2D eigenvalue weighted by Crippen LogP contribution is 2.42. The summed E-state index contributed by atoms with van der Waals surface area (Å²) < 4.78 is 52.9. The number of aromatic nitrogens is 4. The van der Waals surface area contributed by atoms with E-state index in [0.717, 1.165) is 0 Å². The number of carbonyl (C=O) groups excluding carboxylic acids is 2. The van der Waals surface area contributed by atoms with Gasteiger partial charge in [-0.3, -0.25) is 19.4 Å². The van der Waals surface area contributed by atoms with E-state index in [0.29, 0.717) is 28.9 Å². The van der Waals surface area contributed by atoms with E-state index in [2.05, 4.69) is 30.2 Å². The number of benzene rings is 1. The zero-order valence-electron chi connectivity index (χ0n) is 22.4. The van der Waals surface area contributed by atoms with Crippen LogP contribution in [0.3, 0.4) is 0 Å². The molecule has 1 aromatic carbocycles. The SMILES string of the molecule is CC(C)(C)OC(=O)N1C[C@@H](NC(=O)c2cnc3cc(Cl)ccc3n2)CC[C@@H]1c1nnc(C2CC(OC(F)(F)F)C2)o1. The molecular formula is C26H28ClF3N6O5. The van der Waals surface area contributed by atoms with Crippen molar-refractivity contribution in [3.63, 3.8) is 0 Å². The molecule has 0 unspecified atom stereocenters. The van der Waals surface area contributed by atoms with Crippen LogP contribution in [-0.4, -0.2) is 67.7 Å². The number of likely N-dealkylation sites (tertiary alicyclic amines) is 1. The first kappa shape index (κ1) is 29.0. The lowest BCUT2D eigenvalue weighted by atomic mass is 9.82. The predicted octanol–water partition coefficient (Wildman–Crippen LogP) is 5.32. The molecule has 41 heavy (non-hydrogen) atoms. The number of nitrogens with zero attached hydrogens (tertiary/aromatic N) is 5. The molecule has 3 aromatic rings. The number of amides is 2. The number of alkyl halides is 3. The molecule has 2 aliphatic rings. The normalized spacial score (nSPS) is 23.2. The third kappa shape index (κ3) is 7.04. The highest BCUT2D eigenvalue weighted by Gasteiger charge is 2.44. The molecule has 1 aliphatic heterocycles. The average Bonchev–Trinajstić information content (AvgIpc) is 3.33. The topological polar surface area (TPSA) is 133 Å². The van der Waals surface area contributed by atoms with Crippen molar-refractivity contribution in [2.24, 2.45) is 0 Å². The largest absolute Gasteiger partial charge is 0.522 e. The summed E-state index contributed by atoms with van der Waals surface area (Å²) in [7, 11) is 0. The number of halogens is 4. The predicted molar refractivity (Wildman–Crippen MR) is 138 cm³/mol. The summed E-state index contributed by atoms with van der Waals surface area (Å²) in [6.07, 6.45) is -3.92. The first-order valence-electron chi connectivity index (χ1n) is 13.0. The van der Waals surface area contributed by atoms with Gasteiger partial charge >= 0.3 is 12.5 Å². The molecule has 0 spiro atoms. The minimum Gasteiger partial charge on any atom is -0.444 e. The van der Waals surface area contributed by atoms with Crippen molar-refractivity contribution in [2.45, 2.75) is 82.5 Å². The highest BCUT2D eigenvalue weighted by atomic mass is 35.5. The summed E-state index contributed by atoms with van der Waals surface area (Å²) in [5.74, 6) is -0.483. The number of fused-ring (bicyclic) bond motifs is 1. The Balaban J connectivity index is 1.28.